The minimum atomic E-state index is -3.67. The van der Waals surface area contributed by atoms with E-state index in [0.29, 0.717) is 48.1 Å². The molecule has 1 aliphatic carbocycles. The van der Waals surface area contributed by atoms with Gasteiger partial charge >= 0.3 is 0 Å². The van der Waals surface area contributed by atoms with E-state index in [1.165, 1.54) is 4.31 Å². The summed E-state index contributed by atoms with van der Waals surface area (Å²) in [5.41, 5.74) is 3.20. The van der Waals surface area contributed by atoms with Crippen LogP contribution in [0.1, 0.15) is 60.0 Å². The molecule has 1 atom stereocenters. The van der Waals surface area contributed by atoms with Gasteiger partial charge in [-0.1, -0.05) is 29.8 Å². The second-order valence-corrected chi connectivity index (χ2v) is 14.6. The summed E-state index contributed by atoms with van der Waals surface area (Å²) in [6, 6.07) is 9.53. The van der Waals surface area contributed by atoms with E-state index in [0.717, 1.165) is 35.8 Å². The molecule has 0 saturated heterocycles. The van der Waals surface area contributed by atoms with Gasteiger partial charge in [0.15, 0.2) is 7.37 Å². The van der Waals surface area contributed by atoms with Gasteiger partial charge in [-0.3, -0.25) is 13.7 Å². The summed E-state index contributed by atoms with van der Waals surface area (Å²) in [5.74, 6) is 0.593. The van der Waals surface area contributed by atoms with Crippen LogP contribution in [0.3, 0.4) is 0 Å². The highest BCUT2D eigenvalue weighted by molar-refractivity contribution is 7.92. The van der Waals surface area contributed by atoms with Crippen molar-refractivity contribution in [1.82, 2.24) is 10.3 Å². The minimum Gasteiger partial charge on any atom is -0.437 e. The number of nitrogens with one attached hydrogen (secondary N) is 1. The Bertz CT molecular complexity index is 1480. The molecule has 1 aliphatic rings. The van der Waals surface area contributed by atoms with Gasteiger partial charge in [-0.25, -0.2) is 8.42 Å². The van der Waals surface area contributed by atoms with Gasteiger partial charge in [-0.05, 0) is 57.1 Å². The van der Waals surface area contributed by atoms with E-state index in [4.69, 9.17) is 13.9 Å². The summed E-state index contributed by atoms with van der Waals surface area (Å²) in [6.07, 6.45) is 4.44. The molecule has 1 fully saturated rings. The maximum Gasteiger partial charge on any atom is 0.255 e. The van der Waals surface area contributed by atoms with Crippen molar-refractivity contribution in [1.29, 1.82) is 0 Å². The fourth-order valence-corrected chi connectivity index (χ4v) is 7.00. The fraction of sp³-hybridized carbons (Fsp3) is 0.481. The number of pyridine rings is 1. The standard InChI is InChI=1S/C27H36N3O6PS/c1-6-35-37(4,32)16-8-7-15-30(38(5,33)34)25-21(19-13-14-19)17-22-23(26(31)28-3)24(36-27(22)29-25)20-11-9-18(2)10-12-20/h9-12,17,19H,6-8,13-16H2,1-5H3,(H,28,31). The van der Waals surface area contributed by atoms with E-state index in [1.54, 1.807) is 20.6 Å². The quantitative estimate of drug-likeness (QED) is 0.228. The van der Waals surface area contributed by atoms with E-state index in [9.17, 15) is 17.8 Å². The molecule has 2 aromatic heterocycles. The molecule has 206 valence electrons. The van der Waals surface area contributed by atoms with Crippen molar-refractivity contribution in [2.75, 3.05) is 43.6 Å². The van der Waals surface area contributed by atoms with Crippen LogP contribution in [0.4, 0.5) is 5.82 Å². The lowest BCUT2D eigenvalue weighted by atomic mass is 10.0. The molecule has 0 aliphatic heterocycles. The number of nitrogens with zero attached hydrogens (tertiary/aromatic N) is 2. The van der Waals surface area contributed by atoms with E-state index >= 15 is 0 Å². The normalized spacial score (nSPS) is 15.4. The molecule has 1 N–H and O–H groups in total. The first-order valence-corrected chi connectivity index (χ1v) is 17.0. The van der Waals surface area contributed by atoms with Gasteiger partial charge in [0.1, 0.15) is 11.6 Å². The molecule has 1 amide bonds. The van der Waals surface area contributed by atoms with Crippen molar-refractivity contribution in [3.8, 4) is 11.3 Å². The number of carbonyl (C=O) groups excluding carboxylic acids is 1. The summed E-state index contributed by atoms with van der Waals surface area (Å²) in [5, 5.41) is 3.25. The van der Waals surface area contributed by atoms with Crippen molar-refractivity contribution >= 4 is 40.2 Å². The molecular formula is C27H36N3O6PS. The number of hydrogen-bond donors (Lipinski definition) is 1. The van der Waals surface area contributed by atoms with Crippen molar-refractivity contribution < 1.29 is 26.7 Å². The van der Waals surface area contributed by atoms with Crippen LogP contribution < -0.4 is 9.62 Å². The number of furan rings is 1. The molecule has 1 saturated carbocycles. The van der Waals surface area contributed by atoms with Gasteiger partial charge < -0.3 is 14.3 Å². The highest BCUT2D eigenvalue weighted by atomic mass is 32.2. The lowest BCUT2D eigenvalue weighted by Crippen LogP contribution is -2.32. The molecule has 9 nitrogen and oxygen atoms in total. The second-order valence-electron chi connectivity index (χ2n) is 9.98. The van der Waals surface area contributed by atoms with Crippen molar-refractivity contribution in [3.05, 3.63) is 47.0 Å². The molecule has 1 unspecified atom stereocenters. The highest BCUT2D eigenvalue weighted by Crippen LogP contribution is 2.47. The van der Waals surface area contributed by atoms with E-state index < -0.39 is 17.4 Å². The Labute approximate surface area is 224 Å². The number of anilines is 1. The number of sulfonamides is 1. The van der Waals surface area contributed by atoms with Crippen LogP contribution in [0.15, 0.2) is 34.7 Å². The number of rotatable bonds is 12. The van der Waals surface area contributed by atoms with Gasteiger partial charge in [0.05, 0.1) is 23.8 Å². The summed E-state index contributed by atoms with van der Waals surface area (Å²) in [7, 11) is -4.80. The Morgan fingerprint density at radius 3 is 2.50 bits per heavy atom. The van der Waals surface area contributed by atoms with Gasteiger partial charge in [0.25, 0.3) is 5.91 Å². The van der Waals surface area contributed by atoms with Crippen LogP contribution in [-0.2, 0) is 19.1 Å². The Morgan fingerprint density at radius 1 is 1.24 bits per heavy atom. The number of carbonyl (C=O) groups is 1. The molecule has 0 spiro atoms. The average molecular weight is 562 g/mol. The third-order valence-electron chi connectivity index (χ3n) is 6.69. The highest BCUT2D eigenvalue weighted by Gasteiger charge is 2.34. The molecular weight excluding hydrogens is 525 g/mol. The van der Waals surface area contributed by atoms with Crippen LogP contribution >= 0.6 is 7.37 Å². The molecule has 0 radical (unpaired) electrons. The fourth-order valence-electron chi connectivity index (χ4n) is 4.60. The maximum absolute atomic E-state index is 13.0. The zero-order valence-electron chi connectivity index (χ0n) is 22.6. The lowest BCUT2D eigenvalue weighted by Gasteiger charge is -2.24. The number of benzene rings is 1. The third kappa shape index (κ3) is 6.30. The predicted octanol–water partition coefficient (Wildman–Crippen LogP) is 5.53. The van der Waals surface area contributed by atoms with Crippen LogP contribution in [0.5, 0.6) is 0 Å². The number of unbranched alkanes of at least 4 members (excludes halogenated alkanes) is 1. The van der Waals surface area contributed by atoms with E-state index in [-0.39, 0.29) is 24.1 Å². The molecule has 0 bridgehead atoms. The largest absolute Gasteiger partial charge is 0.437 e. The third-order valence-corrected chi connectivity index (χ3v) is 9.78. The molecule has 4 rings (SSSR count). The summed E-state index contributed by atoms with van der Waals surface area (Å²) >= 11 is 0. The number of aryl methyl sites for hydroxylation is 1. The lowest BCUT2D eigenvalue weighted by molar-refractivity contribution is 0.0964. The molecule has 11 heteroatoms. The van der Waals surface area contributed by atoms with Crippen molar-refractivity contribution in [2.24, 2.45) is 0 Å². The maximum atomic E-state index is 13.0. The Balaban J connectivity index is 1.77. The monoisotopic (exact) mass is 561 g/mol. The number of fused-ring (bicyclic) bond motifs is 1. The Morgan fingerprint density at radius 2 is 1.92 bits per heavy atom. The second kappa shape index (κ2) is 11.2. The zero-order valence-corrected chi connectivity index (χ0v) is 24.3. The van der Waals surface area contributed by atoms with Crippen LogP contribution in [-0.4, -0.2) is 58.6 Å². The zero-order chi connectivity index (χ0) is 27.7. The summed E-state index contributed by atoms with van der Waals surface area (Å²) < 4.78 is 51.2. The Kier molecular flexibility index (Phi) is 8.35. The van der Waals surface area contributed by atoms with Crippen molar-refractivity contribution in [2.45, 2.75) is 45.4 Å². The first-order valence-electron chi connectivity index (χ1n) is 12.9. The molecule has 3 aromatic rings. The van der Waals surface area contributed by atoms with Crippen LogP contribution in [0.2, 0.25) is 0 Å². The number of aromatic nitrogens is 1. The minimum absolute atomic E-state index is 0.162. The van der Waals surface area contributed by atoms with Gasteiger partial charge in [0.2, 0.25) is 15.7 Å². The van der Waals surface area contributed by atoms with Crippen LogP contribution in [0.25, 0.3) is 22.4 Å². The average Bonchev–Trinajstić information content (AvgIpc) is 3.63. The summed E-state index contributed by atoms with van der Waals surface area (Å²) in [6.45, 7) is 5.96. The number of hydrogen-bond acceptors (Lipinski definition) is 7. The summed E-state index contributed by atoms with van der Waals surface area (Å²) in [4.78, 5) is 17.7. The van der Waals surface area contributed by atoms with Gasteiger partial charge in [0, 0.05) is 32.0 Å². The van der Waals surface area contributed by atoms with Crippen molar-refractivity contribution in [3.63, 3.8) is 0 Å². The molecule has 1 aromatic carbocycles. The number of amides is 1. The molecule has 38 heavy (non-hydrogen) atoms. The topological polar surface area (TPSA) is 119 Å². The first-order chi connectivity index (χ1) is 17.9. The predicted molar refractivity (Wildman–Crippen MR) is 151 cm³/mol. The smallest absolute Gasteiger partial charge is 0.255 e. The van der Waals surface area contributed by atoms with Crippen LogP contribution in [0, 0.1) is 6.92 Å². The SMILES string of the molecule is CCOP(C)(=O)CCCCN(c1nc2oc(-c3ccc(C)cc3)c(C(=O)NC)c2cc1C1CC1)S(C)(=O)=O. The Hall–Kier alpha value is -2.68. The van der Waals surface area contributed by atoms with E-state index in [1.807, 2.05) is 37.3 Å². The molecule has 2 heterocycles. The van der Waals surface area contributed by atoms with E-state index in [2.05, 4.69) is 5.32 Å². The first kappa shape index (κ1) is 28.3. The van der Waals surface area contributed by atoms with Gasteiger partial charge in [-0.2, -0.15) is 4.98 Å². The van der Waals surface area contributed by atoms with Gasteiger partial charge in [-0.15, -0.1) is 0 Å².